The zero-order valence-electron chi connectivity index (χ0n) is 10.7. The van der Waals surface area contributed by atoms with Crippen LogP contribution in [-0.4, -0.2) is 39.4 Å². The maximum Gasteiger partial charge on any atom is 0.229 e. The number of carbonyl (C=O) groups is 3. The topological polar surface area (TPSA) is 95.2 Å². The van der Waals surface area contributed by atoms with Crippen molar-refractivity contribution in [2.45, 2.75) is 32.6 Å². The van der Waals surface area contributed by atoms with E-state index in [4.69, 9.17) is 0 Å². The Bertz CT molecular complexity index is 493. The van der Waals surface area contributed by atoms with Crippen molar-refractivity contribution in [3.05, 3.63) is 11.8 Å². The predicted octanol–water partition coefficient (Wildman–Crippen LogP) is 0.450. The first-order valence-electron chi connectivity index (χ1n) is 6.27. The van der Waals surface area contributed by atoms with Crippen molar-refractivity contribution in [2.24, 2.45) is 0 Å². The Morgan fingerprint density at radius 2 is 2.11 bits per heavy atom. The van der Waals surface area contributed by atoms with Gasteiger partial charge < -0.3 is 5.32 Å². The number of nitrogens with zero attached hydrogens (tertiary/aromatic N) is 2. The smallest absolute Gasteiger partial charge is 0.229 e. The van der Waals surface area contributed by atoms with Gasteiger partial charge in [0.2, 0.25) is 17.7 Å². The highest BCUT2D eigenvalue weighted by Gasteiger charge is 2.28. The molecule has 1 aromatic heterocycles. The summed E-state index contributed by atoms with van der Waals surface area (Å²) in [5, 5.41) is 9.34. The third kappa shape index (κ3) is 3.18. The van der Waals surface area contributed by atoms with Gasteiger partial charge in [-0.25, -0.2) is 0 Å². The highest BCUT2D eigenvalue weighted by atomic mass is 16.2. The Morgan fingerprint density at radius 1 is 1.42 bits per heavy atom. The maximum atomic E-state index is 11.7. The fourth-order valence-electron chi connectivity index (χ4n) is 1.90. The SMILES string of the molecule is CCc1cc(NC(=O)CCN2C(=O)CCC2=O)n[nH]1. The molecule has 1 saturated heterocycles. The van der Waals surface area contributed by atoms with Gasteiger partial charge >= 0.3 is 0 Å². The van der Waals surface area contributed by atoms with E-state index in [0.717, 1.165) is 17.0 Å². The molecule has 19 heavy (non-hydrogen) atoms. The van der Waals surface area contributed by atoms with E-state index >= 15 is 0 Å². The lowest BCUT2D eigenvalue weighted by molar-refractivity contribution is -0.138. The molecule has 2 heterocycles. The molecule has 1 fully saturated rings. The Balaban J connectivity index is 1.81. The van der Waals surface area contributed by atoms with Crippen LogP contribution in [0, 0.1) is 0 Å². The molecule has 1 aromatic rings. The summed E-state index contributed by atoms with van der Waals surface area (Å²) < 4.78 is 0. The number of anilines is 1. The van der Waals surface area contributed by atoms with Gasteiger partial charge in [-0.05, 0) is 6.42 Å². The molecule has 0 saturated carbocycles. The lowest BCUT2D eigenvalue weighted by Gasteiger charge is -2.12. The van der Waals surface area contributed by atoms with Crippen molar-refractivity contribution in [3.63, 3.8) is 0 Å². The van der Waals surface area contributed by atoms with Gasteiger partial charge in [-0.15, -0.1) is 0 Å². The fraction of sp³-hybridized carbons (Fsp3) is 0.500. The minimum absolute atomic E-state index is 0.0891. The van der Waals surface area contributed by atoms with E-state index in [2.05, 4.69) is 15.5 Å². The number of likely N-dealkylation sites (tertiary alicyclic amines) is 1. The standard InChI is InChI=1S/C12H16N4O3/c1-2-8-7-9(15-14-8)13-10(17)5-6-16-11(18)3-4-12(16)19/h7H,2-6H2,1H3,(H2,13,14,15,17). The maximum absolute atomic E-state index is 11.7. The Labute approximate surface area is 110 Å². The number of hydrogen-bond acceptors (Lipinski definition) is 4. The Morgan fingerprint density at radius 3 is 2.68 bits per heavy atom. The van der Waals surface area contributed by atoms with Crippen molar-refractivity contribution in [2.75, 3.05) is 11.9 Å². The number of H-pyrrole nitrogens is 1. The third-order valence-electron chi connectivity index (χ3n) is 3.00. The van der Waals surface area contributed by atoms with Gasteiger partial charge in [0.25, 0.3) is 0 Å². The van der Waals surface area contributed by atoms with Crippen LogP contribution in [0.5, 0.6) is 0 Å². The van der Waals surface area contributed by atoms with Crippen LogP contribution < -0.4 is 5.32 Å². The Hall–Kier alpha value is -2.18. The number of aryl methyl sites for hydroxylation is 1. The summed E-state index contributed by atoms with van der Waals surface area (Å²) in [5.74, 6) is -0.209. The fourth-order valence-corrected chi connectivity index (χ4v) is 1.90. The molecule has 0 atom stereocenters. The van der Waals surface area contributed by atoms with Crippen molar-refractivity contribution >= 4 is 23.5 Å². The van der Waals surface area contributed by atoms with Gasteiger partial charge in [-0.1, -0.05) is 6.92 Å². The second-order valence-electron chi connectivity index (χ2n) is 4.37. The molecule has 3 amide bonds. The van der Waals surface area contributed by atoms with Crippen LogP contribution in [0.3, 0.4) is 0 Å². The normalized spacial score (nSPS) is 15.1. The van der Waals surface area contributed by atoms with E-state index in [9.17, 15) is 14.4 Å². The van der Waals surface area contributed by atoms with Crippen molar-refractivity contribution in [1.82, 2.24) is 15.1 Å². The molecule has 7 nitrogen and oxygen atoms in total. The molecule has 1 aliphatic rings. The molecule has 2 rings (SSSR count). The predicted molar refractivity (Wildman–Crippen MR) is 67.2 cm³/mol. The van der Waals surface area contributed by atoms with Gasteiger partial charge in [0.15, 0.2) is 5.82 Å². The monoisotopic (exact) mass is 264 g/mol. The van der Waals surface area contributed by atoms with E-state index in [1.165, 1.54) is 0 Å². The lowest BCUT2D eigenvalue weighted by atomic mass is 10.3. The first-order chi connectivity index (χ1) is 9.10. The summed E-state index contributed by atoms with van der Waals surface area (Å²) in [6.07, 6.45) is 1.39. The van der Waals surface area contributed by atoms with Gasteiger partial charge in [0.1, 0.15) is 0 Å². The van der Waals surface area contributed by atoms with Crippen LogP contribution in [-0.2, 0) is 20.8 Å². The summed E-state index contributed by atoms with van der Waals surface area (Å²) in [4.78, 5) is 35.5. The summed E-state index contributed by atoms with van der Waals surface area (Å²) in [6, 6.07) is 1.75. The molecular formula is C12H16N4O3. The number of aromatic amines is 1. The number of amides is 3. The second kappa shape index (κ2) is 5.64. The summed E-state index contributed by atoms with van der Waals surface area (Å²) >= 11 is 0. The molecule has 7 heteroatoms. The van der Waals surface area contributed by atoms with E-state index in [-0.39, 0.29) is 43.5 Å². The zero-order valence-corrected chi connectivity index (χ0v) is 10.7. The van der Waals surface area contributed by atoms with Gasteiger partial charge in [-0.2, -0.15) is 5.10 Å². The first-order valence-corrected chi connectivity index (χ1v) is 6.27. The minimum Gasteiger partial charge on any atom is -0.309 e. The van der Waals surface area contributed by atoms with E-state index in [1.807, 2.05) is 6.92 Å². The quantitative estimate of drug-likeness (QED) is 0.755. The number of aromatic nitrogens is 2. The molecule has 0 spiro atoms. The van der Waals surface area contributed by atoms with Gasteiger partial charge in [-0.3, -0.25) is 24.4 Å². The van der Waals surface area contributed by atoms with Crippen LogP contribution in [0.15, 0.2) is 6.07 Å². The largest absolute Gasteiger partial charge is 0.309 e. The number of hydrogen-bond donors (Lipinski definition) is 2. The number of imide groups is 1. The van der Waals surface area contributed by atoms with Crippen molar-refractivity contribution in [3.8, 4) is 0 Å². The lowest BCUT2D eigenvalue weighted by Crippen LogP contribution is -2.32. The number of carbonyl (C=O) groups excluding carboxylic acids is 3. The highest BCUT2D eigenvalue weighted by molar-refractivity contribution is 6.02. The van der Waals surface area contributed by atoms with Crippen molar-refractivity contribution in [1.29, 1.82) is 0 Å². The number of nitrogens with one attached hydrogen (secondary N) is 2. The van der Waals surface area contributed by atoms with Crippen LogP contribution in [0.2, 0.25) is 0 Å². The molecule has 0 aromatic carbocycles. The third-order valence-corrected chi connectivity index (χ3v) is 3.00. The second-order valence-corrected chi connectivity index (χ2v) is 4.37. The summed E-state index contributed by atoms with van der Waals surface area (Å²) in [7, 11) is 0. The molecule has 0 unspecified atom stereocenters. The average Bonchev–Trinajstić information content (AvgIpc) is 2.95. The molecule has 0 radical (unpaired) electrons. The van der Waals surface area contributed by atoms with Crippen LogP contribution >= 0.6 is 0 Å². The Kier molecular flexibility index (Phi) is 3.94. The molecule has 2 N–H and O–H groups in total. The molecule has 1 aliphatic heterocycles. The summed E-state index contributed by atoms with van der Waals surface area (Å²) in [6.45, 7) is 2.11. The van der Waals surface area contributed by atoms with Crippen LogP contribution in [0.25, 0.3) is 0 Å². The summed E-state index contributed by atoms with van der Waals surface area (Å²) in [5.41, 5.74) is 0.931. The van der Waals surface area contributed by atoms with Gasteiger partial charge in [0.05, 0.1) is 0 Å². The molecule has 102 valence electrons. The van der Waals surface area contributed by atoms with E-state index in [1.54, 1.807) is 6.07 Å². The van der Waals surface area contributed by atoms with Crippen molar-refractivity contribution < 1.29 is 14.4 Å². The average molecular weight is 264 g/mol. The first kappa shape index (κ1) is 13.3. The highest BCUT2D eigenvalue weighted by Crippen LogP contribution is 2.12. The number of rotatable bonds is 5. The molecular weight excluding hydrogens is 248 g/mol. The zero-order chi connectivity index (χ0) is 13.8. The van der Waals surface area contributed by atoms with E-state index < -0.39 is 0 Å². The van der Waals surface area contributed by atoms with Crippen LogP contribution in [0.1, 0.15) is 31.9 Å². The molecule has 0 aliphatic carbocycles. The van der Waals surface area contributed by atoms with Crippen LogP contribution in [0.4, 0.5) is 5.82 Å². The minimum atomic E-state index is -0.262. The van der Waals surface area contributed by atoms with Gasteiger partial charge in [0, 0.05) is 37.6 Å². The molecule has 0 bridgehead atoms. The van der Waals surface area contributed by atoms with E-state index in [0.29, 0.717) is 5.82 Å².